The molecule has 3 heteroatoms. The van der Waals surface area contributed by atoms with Crippen LogP contribution in [-0.2, 0) is 4.79 Å². The number of hydrogen-bond donors (Lipinski definition) is 1. The summed E-state index contributed by atoms with van der Waals surface area (Å²) in [6.07, 6.45) is 2.88. The van der Waals surface area contributed by atoms with Crippen LogP contribution in [0.3, 0.4) is 0 Å². The molecule has 1 amide bonds. The topological polar surface area (TPSA) is 46.3 Å². The SMILES string of the molecule is C=CC(N)N1CCCC1=O. The van der Waals surface area contributed by atoms with Gasteiger partial charge in [0.15, 0.2) is 0 Å². The van der Waals surface area contributed by atoms with E-state index in [9.17, 15) is 4.79 Å². The summed E-state index contributed by atoms with van der Waals surface area (Å²) in [5.74, 6) is 0.146. The van der Waals surface area contributed by atoms with Gasteiger partial charge in [-0.15, -0.1) is 0 Å². The Kier molecular flexibility index (Phi) is 2.06. The van der Waals surface area contributed by atoms with E-state index in [-0.39, 0.29) is 12.1 Å². The lowest BCUT2D eigenvalue weighted by molar-refractivity contribution is -0.128. The van der Waals surface area contributed by atoms with Gasteiger partial charge < -0.3 is 10.6 Å². The molecule has 0 saturated carbocycles. The number of hydrogen-bond acceptors (Lipinski definition) is 2. The van der Waals surface area contributed by atoms with E-state index < -0.39 is 0 Å². The molecule has 0 bridgehead atoms. The Morgan fingerprint density at radius 2 is 2.50 bits per heavy atom. The lowest BCUT2D eigenvalue weighted by atomic mass is 10.4. The van der Waals surface area contributed by atoms with Crippen LogP contribution in [0.4, 0.5) is 0 Å². The highest BCUT2D eigenvalue weighted by molar-refractivity contribution is 5.78. The molecule has 1 fully saturated rings. The molecule has 1 atom stereocenters. The van der Waals surface area contributed by atoms with Crippen molar-refractivity contribution in [1.82, 2.24) is 4.90 Å². The van der Waals surface area contributed by atoms with Crippen LogP contribution in [0.2, 0.25) is 0 Å². The highest BCUT2D eigenvalue weighted by Crippen LogP contribution is 2.10. The zero-order valence-electron chi connectivity index (χ0n) is 5.92. The summed E-state index contributed by atoms with van der Waals surface area (Å²) < 4.78 is 0. The summed E-state index contributed by atoms with van der Waals surface area (Å²) in [4.78, 5) is 12.6. The summed E-state index contributed by atoms with van der Waals surface area (Å²) in [6.45, 7) is 4.30. The lowest BCUT2D eigenvalue weighted by Crippen LogP contribution is -2.40. The minimum atomic E-state index is -0.282. The number of carbonyl (C=O) groups is 1. The molecule has 1 heterocycles. The van der Waals surface area contributed by atoms with Crippen molar-refractivity contribution in [3.63, 3.8) is 0 Å². The van der Waals surface area contributed by atoms with E-state index in [2.05, 4.69) is 6.58 Å². The van der Waals surface area contributed by atoms with E-state index in [1.807, 2.05) is 0 Å². The van der Waals surface area contributed by atoms with Crippen LogP contribution in [-0.4, -0.2) is 23.5 Å². The van der Waals surface area contributed by atoms with Gasteiger partial charge >= 0.3 is 0 Å². The van der Waals surface area contributed by atoms with Crippen LogP contribution in [0.25, 0.3) is 0 Å². The Labute approximate surface area is 60.5 Å². The molecule has 0 aliphatic carbocycles. The molecule has 1 unspecified atom stereocenters. The quantitative estimate of drug-likeness (QED) is 0.552. The van der Waals surface area contributed by atoms with Gasteiger partial charge in [0, 0.05) is 13.0 Å². The van der Waals surface area contributed by atoms with E-state index in [4.69, 9.17) is 5.73 Å². The molecule has 2 N–H and O–H groups in total. The number of likely N-dealkylation sites (tertiary alicyclic amines) is 1. The normalized spacial score (nSPS) is 21.3. The van der Waals surface area contributed by atoms with Crippen LogP contribution >= 0.6 is 0 Å². The summed E-state index contributed by atoms with van der Waals surface area (Å²) >= 11 is 0. The number of rotatable bonds is 2. The maximum absolute atomic E-state index is 11.0. The average molecular weight is 140 g/mol. The molecule has 10 heavy (non-hydrogen) atoms. The van der Waals surface area contributed by atoms with Gasteiger partial charge in [-0.05, 0) is 6.42 Å². The van der Waals surface area contributed by atoms with Crippen molar-refractivity contribution in [3.8, 4) is 0 Å². The van der Waals surface area contributed by atoms with Gasteiger partial charge in [-0.25, -0.2) is 0 Å². The monoisotopic (exact) mass is 140 g/mol. The van der Waals surface area contributed by atoms with E-state index in [0.717, 1.165) is 13.0 Å². The second kappa shape index (κ2) is 2.84. The van der Waals surface area contributed by atoms with Crippen LogP contribution in [0.15, 0.2) is 12.7 Å². The van der Waals surface area contributed by atoms with Gasteiger partial charge in [0.25, 0.3) is 0 Å². The smallest absolute Gasteiger partial charge is 0.224 e. The number of nitrogens with zero attached hydrogens (tertiary/aromatic N) is 1. The van der Waals surface area contributed by atoms with Crippen LogP contribution < -0.4 is 5.73 Å². The standard InChI is InChI=1S/C7H12N2O/c1-2-6(8)9-5-3-4-7(9)10/h2,6H,1,3-5,8H2. The van der Waals surface area contributed by atoms with Gasteiger partial charge in [0.05, 0.1) is 6.17 Å². The average Bonchev–Trinajstić information content (AvgIpc) is 2.34. The van der Waals surface area contributed by atoms with Crippen LogP contribution in [0.1, 0.15) is 12.8 Å². The molecule has 0 aromatic rings. The fraction of sp³-hybridized carbons (Fsp3) is 0.571. The molecule has 0 radical (unpaired) electrons. The molecule has 56 valence electrons. The maximum atomic E-state index is 11.0. The summed E-state index contributed by atoms with van der Waals surface area (Å²) in [6, 6.07) is 0. The highest BCUT2D eigenvalue weighted by atomic mass is 16.2. The second-order valence-electron chi connectivity index (χ2n) is 2.42. The van der Waals surface area contributed by atoms with Crippen molar-refractivity contribution in [1.29, 1.82) is 0 Å². The molecule has 0 spiro atoms. The van der Waals surface area contributed by atoms with Crippen molar-refractivity contribution >= 4 is 5.91 Å². The largest absolute Gasteiger partial charge is 0.324 e. The predicted molar refractivity (Wildman–Crippen MR) is 39.1 cm³/mol. The molecular weight excluding hydrogens is 128 g/mol. The maximum Gasteiger partial charge on any atom is 0.224 e. The van der Waals surface area contributed by atoms with E-state index >= 15 is 0 Å². The Balaban J connectivity index is 2.54. The third-order valence-corrected chi connectivity index (χ3v) is 1.71. The van der Waals surface area contributed by atoms with Crippen LogP contribution in [0.5, 0.6) is 0 Å². The Morgan fingerprint density at radius 3 is 2.90 bits per heavy atom. The lowest BCUT2D eigenvalue weighted by Gasteiger charge is -2.20. The Morgan fingerprint density at radius 1 is 1.80 bits per heavy atom. The second-order valence-corrected chi connectivity index (χ2v) is 2.42. The third kappa shape index (κ3) is 1.19. The number of nitrogens with two attached hydrogens (primary N) is 1. The zero-order valence-corrected chi connectivity index (χ0v) is 5.92. The van der Waals surface area contributed by atoms with Gasteiger partial charge in [0.2, 0.25) is 5.91 Å². The van der Waals surface area contributed by atoms with Crippen molar-refractivity contribution in [2.75, 3.05) is 6.54 Å². The van der Waals surface area contributed by atoms with Crippen molar-refractivity contribution < 1.29 is 4.79 Å². The predicted octanol–water partition coefficient (Wildman–Crippen LogP) is 0.0796. The summed E-state index contributed by atoms with van der Waals surface area (Å²) in [7, 11) is 0. The first-order valence-corrected chi connectivity index (χ1v) is 3.43. The van der Waals surface area contributed by atoms with E-state index in [0.29, 0.717) is 6.42 Å². The Hall–Kier alpha value is -0.830. The molecule has 3 nitrogen and oxygen atoms in total. The minimum Gasteiger partial charge on any atom is -0.324 e. The molecule has 1 rings (SSSR count). The molecule has 1 aliphatic heterocycles. The summed E-state index contributed by atoms with van der Waals surface area (Å²) in [5, 5.41) is 0. The Bertz CT molecular complexity index is 156. The molecule has 1 saturated heterocycles. The van der Waals surface area contributed by atoms with Crippen LogP contribution in [0, 0.1) is 0 Å². The fourth-order valence-corrected chi connectivity index (χ4v) is 1.11. The van der Waals surface area contributed by atoms with E-state index in [1.54, 1.807) is 11.0 Å². The first-order valence-electron chi connectivity index (χ1n) is 3.43. The van der Waals surface area contributed by atoms with Crippen molar-refractivity contribution in [3.05, 3.63) is 12.7 Å². The molecule has 0 aromatic heterocycles. The van der Waals surface area contributed by atoms with Gasteiger partial charge in [-0.1, -0.05) is 12.7 Å². The van der Waals surface area contributed by atoms with E-state index in [1.165, 1.54) is 0 Å². The zero-order chi connectivity index (χ0) is 7.56. The molecular formula is C7H12N2O. The molecule has 1 aliphatic rings. The number of amides is 1. The third-order valence-electron chi connectivity index (χ3n) is 1.71. The first-order chi connectivity index (χ1) is 4.75. The highest BCUT2D eigenvalue weighted by Gasteiger charge is 2.23. The van der Waals surface area contributed by atoms with Crippen molar-refractivity contribution in [2.24, 2.45) is 5.73 Å². The first kappa shape index (κ1) is 7.28. The van der Waals surface area contributed by atoms with Gasteiger partial charge in [-0.2, -0.15) is 0 Å². The number of carbonyl (C=O) groups excluding carboxylic acids is 1. The minimum absolute atomic E-state index is 0.146. The van der Waals surface area contributed by atoms with Gasteiger partial charge in [-0.3, -0.25) is 4.79 Å². The molecule has 0 aromatic carbocycles. The van der Waals surface area contributed by atoms with Crippen molar-refractivity contribution in [2.45, 2.75) is 19.0 Å². The summed E-state index contributed by atoms with van der Waals surface area (Å²) in [5.41, 5.74) is 5.56. The fourth-order valence-electron chi connectivity index (χ4n) is 1.11. The van der Waals surface area contributed by atoms with Gasteiger partial charge in [0.1, 0.15) is 0 Å².